The van der Waals surface area contributed by atoms with Crippen LogP contribution in [0.1, 0.15) is 57.8 Å². The minimum absolute atomic E-state index is 0.510. The van der Waals surface area contributed by atoms with Crippen LogP contribution in [0.15, 0.2) is 10.2 Å². The molecule has 2 aliphatic carbocycles. The smallest absolute Gasteiger partial charge is 0.198 e. The maximum Gasteiger partial charge on any atom is 0.210 e. The second-order valence-corrected chi connectivity index (χ2v) is 6.00. The van der Waals surface area contributed by atoms with Crippen LogP contribution in [-0.2, 0) is 0 Å². The maximum absolute atomic E-state index is 9.84. The summed E-state index contributed by atoms with van der Waals surface area (Å²) in [6, 6.07) is 5.05. The SMILES string of the molecule is N#CC1(C2(C#N)CCCCC23N=N3)CCCCC1. The van der Waals surface area contributed by atoms with Crippen molar-refractivity contribution in [1.29, 1.82) is 10.5 Å². The normalized spacial score (nSPS) is 35.7. The zero-order valence-corrected chi connectivity index (χ0v) is 10.7. The van der Waals surface area contributed by atoms with Crippen LogP contribution in [0.25, 0.3) is 0 Å². The van der Waals surface area contributed by atoms with Gasteiger partial charge in [0, 0.05) is 0 Å². The average Bonchev–Trinajstić information content (AvgIpc) is 3.21. The topological polar surface area (TPSA) is 72.3 Å². The van der Waals surface area contributed by atoms with Gasteiger partial charge in [-0.3, -0.25) is 0 Å². The second kappa shape index (κ2) is 3.79. The molecule has 0 bridgehead atoms. The van der Waals surface area contributed by atoms with Gasteiger partial charge in [0.2, 0.25) is 5.66 Å². The molecule has 4 heteroatoms. The van der Waals surface area contributed by atoms with E-state index >= 15 is 0 Å². The van der Waals surface area contributed by atoms with Crippen molar-refractivity contribution < 1.29 is 0 Å². The highest BCUT2D eigenvalue weighted by Crippen LogP contribution is 2.65. The molecule has 0 amide bonds. The van der Waals surface area contributed by atoms with Gasteiger partial charge in [-0.1, -0.05) is 25.7 Å². The molecule has 3 aliphatic rings. The third-order valence-corrected chi connectivity index (χ3v) is 5.28. The van der Waals surface area contributed by atoms with Crippen LogP contribution in [0.2, 0.25) is 0 Å². The molecule has 0 aromatic carbocycles. The summed E-state index contributed by atoms with van der Waals surface area (Å²) in [5.41, 5.74) is -1.68. The largest absolute Gasteiger partial charge is 0.210 e. The van der Waals surface area contributed by atoms with Crippen LogP contribution in [-0.4, -0.2) is 5.66 Å². The standard InChI is InChI=1S/C14H18N4/c15-10-12(6-2-1-3-7-12)13(11-16)8-4-5-9-14(13)17-18-14/h1-9H2. The lowest BCUT2D eigenvalue weighted by molar-refractivity contribution is 0.0237. The van der Waals surface area contributed by atoms with Gasteiger partial charge >= 0.3 is 0 Å². The van der Waals surface area contributed by atoms with Crippen LogP contribution >= 0.6 is 0 Å². The van der Waals surface area contributed by atoms with Gasteiger partial charge in [0.25, 0.3) is 0 Å². The number of nitrogens with zero attached hydrogens (tertiary/aromatic N) is 4. The summed E-state index contributed by atoms with van der Waals surface area (Å²) in [5.74, 6) is 0. The van der Waals surface area contributed by atoms with Crippen molar-refractivity contribution in [3.8, 4) is 12.1 Å². The van der Waals surface area contributed by atoms with Crippen LogP contribution < -0.4 is 0 Å². The average molecular weight is 242 g/mol. The molecule has 18 heavy (non-hydrogen) atoms. The van der Waals surface area contributed by atoms with E-state index in [0.29, 0.717) is 0 Å². The van der Waals surface area contributed by atoms with E-state index in [1.165, 1.54) is 6.42 Å². The highest BCUT2D eigenvalue weighted by atomic mass is 15.5. The third-order valence-electron chi connectivity index (χ3n) is 5.28. The van der Waals surface area contributed by atoms with E-state index in [4.69, 9.17) is 0 Å². The Hall–Kier alpha value is -1.42. The van der Waals surface area contributed by atoms with Crippen LogP contribution in [0.4, 0.5) is 0 Å². The van der Waals surface area contributed by atoms with E-state index in [1.54, 1.807) is 0 Å². The van der Waals surface area contributed by atoms with Gasteiger partial charge in [-0.25, -0.2) is 0 Å². The molecular formula is C14H18N4. The molecule has 1 spiro atoms. The molecule has 2 fully saturated rings. The maximum atomic E-state index is 9.84. The minimum atomic E-state index is -0.645. The van der Waals surface area contributed by atoms with Gasteiger partial charge in [0.15, 0.2) is 0 Å². The second-order valence-electron chi connectivity index (χ2n) is 6.00. The molecule has 2 saturated carbocycles. The van der Waals surface area contributed by atoms with Crippen molar-refractivity contribution in [1.82, 2.24) is 0 Å². The summed E-state index contributed by atoms with van der Waals surface area (Å²) < 4.78 is 0. The first-order valence-corrected chi connectivity index (χ1v) is 7.01. The van der Waals surface area contributed by atoms with Gasteiger partial charge in [-0.05, 0) is 32.1 Å². The van der Waals surface area contributed by atoms with E-state index in [1.807, 2.05) is 0 Å². The lowest BCUT2D eigenvalue weighted by Crippen LogP contribution is -2.53. The molecule has 0 N–H and O–H groups in total. The number of rotatable bonds is 1. The Balaban J connectivity index is 2.05. The van der Waals surface area contributed by atoms with Crippen molar-refractivity contribution >= 4 is 0 Å². The Morgan fingerprint density at radius 2 is 1.33 bits per heavy atom. The minimum Gasteiger partial charge on any atom is -0.198 e. The molecule has 1 aliphatic heterocycles. The lowest BCUT2D eigenvalue weighted by Gasteiger charge is -2.48. The number of nitriles is 2. The lowest BCUT2D eigenvalue weighted by atomic mass is 9.50. The monoisotopic (exact) mass is 242 g/mol. The van der Waals surface area contributed by atoms with Gasteiger partial charge < -0.3 is 0 Å². The molecule has 0 aromatic heterocycles. The first-order chi connectivity index (χ1) is 8.74. The highest BCUT2D eigenvalue weighted by molar-refractivity contribution is 5.30. The molecule has 0 aromatic rings. The van der Waals surface area contributed by atoms with Gasteiger partial charge in [-0.15, -0.1) is 0 Å². The zero-order chi connectivity index (χ0) is 12.7. The van der Waals surface area contributed by atoms with Crippen LogP contribution in [0, 0.1) is 33.5 Å². The zero-order valence-electron chi connectivity index (χ0n) is 10.7. The Kier molecular flexibility index (Phi) is 2.45. The summed E-state index contributed by atoms with van der Waals surface area (Å²) in [6.45, 7) is 0. The Morgan fingerprint density at radius 3 is 1.89 bits per heavy atom. The van der Waals surface area contributed by atoms with Gasteiger partial charge in [-0.2, -0.15) is 20.8 Å². The van der Waals surface area contributed by atoms with Crippen molar-refractivity contribution in [2.75, 3.05) is 0 Å². The van der Waals surface area contributed by atoms with E-state index < -0.39 is 16.5 Å². The first-order valence-electron chi connectivity index (χ1n) is 7.01. The molecule has 1 atom stereocenters. The van der Waals surface area contributed by atoms with Crippen molar-refractivity contribution in [3.05, 3.63) is 0 Å². The highest BCUT2D eigenvalue weighted by Gasteiger charge is 2.70. The quantitative estimate of drug-likeness (QED) is 0.703. The molecule has 0 saturated heterocycles. The molecule has 1 heterocycles. The van der Waals surface area contributed by atoms with Crippen molar-refractivity contribution in [2.45, 2.75) is 63.5 Å². The van der Waals surface area contributed by atoms with E-state index in [-0.39, 0.29) is 0 Å². The summed E-state index contributed by atoms with van der Waals surface area (Å²) in [5, 5.41) is 28.1. The van der Waals surface area contributed by atoms with Crippen LogP contribution in [0.5, 0.6) is 0 Å². The molecule has 94 valence electrons. The number of hydrogen-bond acceptors (Lipinski definition) is 4. The van der Waals surface area contributed by atoms with E-state index in [9.17, 15) is 10.5 Å². The fourth-order valence-electron chi connectivity index (χ4n) is 4.17. The van der Waals surface area contributed by atoms with Gasteiger partial charge in [0.05, 0.1) is 17.6 Å². The summed E-state index contributed by atoms with van der Waals surface area (Å²) in [4.78, 5) is 0. The van der Waals surface area contributed by atoms with E-state index in [0.717, 1.165) is 51.4 Å². The Labute approximate surface area is 108 Å². The van der Waals surface area contributed by atoms with Crippen molar-refractivity contribution in [2.24, 2.45) is 21.1 Å². The third kappa shape index (κ3) is 1.24. The molecular weight excluding hydrogens is 224 g/mol. The predicted molar refractivity (Wildman–Crippen MR) is 65.2 cm³/mol. The molecule has 4 nitrogen and oxygen atoms in total. The summed E-state index contributed by atoms with van der Waals surface area (Å²) >= 11 is 0. The van der Waals surface area contributed by atoms with Crippen molar-refractivity contribution in [3.63, 3.8) is 0 Å². The first kappa shape index (κ1) is 11.7. The molecule has 1 unspecified atom stereocenters. The fraction of sp³-hybridized carbons (Fsp3) is 0.857. The summed E-state index contributed by atoms with van der Waals surface area (Å²) in [6.07, 6.45) is 8.79. The molecule has 0 radical (unpaired) electrons. The Bertz CT molecular complexity index is 455. The predicted octanol–water partition coefficient (Wildman–Crippen LogP) is 3.71. The summed E-state index contributed by atoms with van der Waals surface area (Å²) in [7, 11) is 0. The Morgan fingerprint density at radius 1 is 0.722 bits per heavy atom. The number of hydrogen-bond donors (Lipinski definition) is 0. The van der Waals surface area contributed by atoms with Crippen LogP contribution in [0.3, 0.4) is 0 Å². The van der Waals surface area contributed by atoms with E-state index in [2.05, 4.69) is 22.4 Å². The molecule has 3 rings (SSSR count). The fourth-order valence-corrected chi connectivity index (χ4v) is 4.17. The van der Waals surface area contributed by atoms with Gasteiger partial charge in [0.1, 0.15) is 5.41 Å².